The van der Waals surface area contributed by atoms with Crippen molar-refractivity contribution in [2.24, 2.45) is 5.92 Å². The summed E-state index contributed by atoms with van der Waals surface area (Å²) in [7, 11) is 0. The molecule has 6 heteroatoms. The Morgan fingerprint density at radius 2 is 1.84 bits per heavy atom. The van der Waals surface area contributed by atoms with E-state index >= 15 is 0 Å². The topological polar surface area (TPSA) is 41.4 Å². The van der Waals surface area contributed by atoms with E-state index < -0.39 is 0 Å². The molecule has 0 amide bonds. The molecule has 5 nitrogen and oxygen atoms in total. The number of aryl methyl sites for hydroxylation is 1. The van der Waals surface area contributed by atoms with Gasteiger partial charge < -0.3 is 9.80 Å². The second-order valence-corrected chi connectivity index (χ2v) is 8.93. The van der Waals surface area contributed by atoms with Gasteiger partial charge in [0.2, 0.25) is 0 Å². The Bertz CT molecular complexity index is 633. The van der Waals surface area contributed by atoms with Crippen molar-refractivity contribution in [3.05, 3.63) is 27.7 Å². The minimum Gasteiger partial charge on any atom is -0.302 e. The predicted molar refractivity (Wildman–Crippen MR) is 103 cm³/mol. The van der Waals surface area contributed by atoms with Crippen LogP contribution in [-0.2, 0) is 18.7 Å². The number of fused-ring (bicyclic) bond motifs is 1. The zero-order valence-electron chi connectivity index (χ0n) is 15.2. The summed E-state index contributed by atoms with van der Waals surface area (Å²) in [6.45, 7) is 7.99. The number of thioether (sulfide) groups is 1. The smallest absolute Gasteiger partial charge is 0.267 e. The normalized spacial score (nSPS) is 23.0. The van der Waals surface area contributed by atoms with Crippen molar-refractivity contribution in [2.45, 2.75) is 44.4 Å². The van der Waals surface area contributed by atoms with E-state index in [4.69, 9.17) is 0 Å². The Morgan fingerprint density at radius 1 is 1.08 bits per heavy atom. The third-order valence-corrected chi connectivity index (χ3v) is 6.81. The van der Waals surface area contributed by atoms with Crippen molar-refractivity contribution in [3.8, 4) is 0 Å². The highest BCUT2D eigenvalue weighted by Crippen LogP contribution is 2.22. The van der Waals surface area contributed by atoms with Crippen LogP contribution in [0.15, 0.2) is 10.9 Å². The average molecular weight is 363 g/mol. The molecule has 3 aliphatic rings. The predicted octanol–water partition coefficient (Wildman–Crippen LogP) is 1.84. The van der Waals surface area contributed by atoms with Crippen LogP contribution in [0.4, 0.5) is 0 Å². The molecule has 0 atom stereocenters. The summed E-state index contributed by atoms with van der Waals surface area (Å²) < 4.78 is 1.73. The van der Waals surface area contributed by atoms with Gasteiger partial charge in [-0.2, -0.15) is 16.9 Å². The number of rotatable bonds is 5. The Kier molecular flexibility index (Phi) is 5.78. The second kappa shape index (κ2) is 8.23. The maximum atomic E-state index is 12.3. The summed E-state index contributed by atoms with van der Waals surface area (Å²) in [5, 5.41) is 4.65. The van der Waals surface area contributed by atoms with E-state index in [0.29, 0.717) is 5.92 Å². The molecular formula is C19H30N4OS. The Balaban J connectivity index is 1.24. The van der Waals surface area contributed by atoms with E-state index in [1.165, 1.54) is 51.9 Å². The van der Waals surface area contributed by atoms with Crippen LogP contribution in [0.3, 0.4) is 0 Å². The molecule has 0 aliphatic carbocycles. The number of nitrogens with zero attached hydrogens (tertiary/aromatic N) is 4. The van der Waals surface area contributed by atoms with E-state index in [-0.39, 0.29) is 5.56 Å². The van der Waals surface area contributed by atoms with Crippen LogP contribution < -0.4 is 5.56 Å². The molecule has 0 bridgehead atoms. The van der Waals surface area contributed by atoms with Gasteiger partial charge >= 0.3 is 0 Å². The van der Waals surface area contributed by atoms with E-state index in [1.54, 1.807) is 4.68 Å². The van der Waals surface area contributed by atoms with Gasteiger partial charge in [-0.05, 0) is 37.2 Å². The zero-order chi connectivity index (χ0) is 17.1. The van der Waals surface area contributed by atoms with Gasteiger partial charge in [-0.3, -0.25) is 4.79 Å². The van der Waals surface area contributed by atoms with E-state index in [9.17, 15) is 4.79 Å². The minimum absolute atomic E-state index is 0.0873. The number of likely N-dealkylation sites (tertiary alicyclic amines) is 2. The molecule has 0 saturated carbocycles. The second-order valence-electron chi connectivity index (χ2n) is 7.82. The third-order valence-electron chi connectivity index (χ3n) is 5.80. The zero-order valence-corrected chi connectivity index (χ0v) is 16.0. The highest BCUT2D eigenvalue weighted by Gasteiger charge is 2.28. The van der Waals surface area contributed by atoms with Crippen molar-refractivity contribution < 1.29 is 0 Å². The summed E-state index contributed by atoms with van der Waals surface area (Å²) in [5.74, 6) is 2.67. The monoisotopic (exact) mass is 362 g/mol. The first-order valence-corrected chi connectivity index (χ1v) is 11.1. The lowest BCUT2D eigenvalue weighted by atomic mass is 10.0. The molecule has 0 spiro atoms. The lowest BCUT2D eigenvalue weighted by molar-refractivity contribution is 0.0718. The van der Waals surface area contributed by atoms with Gasteiger partial charge in [-0.25, -0.2) is 4.68 Å². The van der Waals surface area contributed by atoms with Gasteiger partial charge in [0.25, 0.3) is 5.56 Å². The number of hydrogen-bond donors (Lipinski definition) is 0. The first kappa shape index (κ1) is 17.6. The fourth-order valence-electron chi connectivity index (χ4n) is 4.25. The lowest BCUT2D eigenvalue weighted by Gasteiger charge is -2.40. The molecule has 3 aliphatic heterocycles. The molecule has 2 fully saturated rings. The van der Waals surface area contributed by atoms with Crippen LogP contribution in [0.2, 0.25) is 0 Å². The van der Waals surface area contributed by atoms with Crippen molar-refractivity contribution in [3.63, 3.8) is 0 Å². The molecule has 0 radical (unpaired) electrons. The lowest BCUT2D eigenvalue weighted by Crippen LogP contribution is -2.51. The Labute approximate surface area is 154 Å². The van der Waals surface area contributed by atoms with Gasteiger partial charge in [0.15, 0.2) is 0 Å². The van der Waals surface area contributed by atoms with Gasteiger partial charge in [0.05, 0.1) is 12.2 Å². The van der Waals surface area contributed by atoms with Crippen LogP contribution in [-0.4, -0.2) is 64.6 Å². The first-order chi connectivity index (χ1) is 12.3. The highest BCUT2D eigenvalue weighted by atomic mass is 32.2. The summed E-state index contributed by atoms with van der Waals surface area (Å²) in [6, 6.07) is 1.82. The highest BCUT2D eigenvalue weighted by molar-refractivity contribution is 7.98. The van der Waals surface area contributed by atoms with Crippen LogP contribution in [0, 0.1) is 5.92 Å². The van der Waals surface area contributed by atoms with Gasteiger partial charge in [0.1, 0.15) is 0 Å². The summed E-state index contributed by atoms with van der Waals surface area (Å²) in [6.07, 6.45) is 6.56. The molecule has 1 aromatic rings. The molecule has 25 heavy (non-hydrogen) atoms. The van der Waals surface area contributed by atoms with Crippen LogP contribution in [0.1, 0.15) is 36.9 Å². The molecule has 4 heterocycles. The summed E-state index contributed by atoms with van der Waals surface area (Å²) >= 11 is 1.90. The molecule has 0 unspecified atom stereocenters. The van der Waals surface area contributed by atoms with Gasteiger partial charge in [-0.1, -0.05) is 12.8 Å². The summed E-state index contributed by atoms with van der Waals surface area (Å²) in [5.41, 5.74) is 2.39. The molecule has 138 valence electrons. The van der Waals surface area contributed by atoms with Crippen LogP contribution in [0.25, 0.3) is 0 Å². The maximum Gasteiger partial charge on any atom is 0.267 e. The quantitative estimate of drug-likeness (QED) is 0.799. The maximum absolute atomic E-state index is 12.3. The molecule has 2 saturated heterocycles. The van der Waals surface area contributed by atoms with Crippen molar-refractivity contribution in [1.29, 1.82) is 0 Å². The molecule has 0 aromatic carbocycles. The average Bonchev–Trinajstić information content (AvgIpc) is 2.86. The van der Waals surface area contributed by atoms with Crippen LogP contribution in [0.5, 0.6) is 0 Å². The third kappa shape index (κ3) is 4.47. The number of hydrogen-bond acceptors (Lipinski definition) is 5. The van der Waals surface area contributed by atoms with Crippen LogP contribution >= 0.6 is 11.8 Å². The Morgan fingerprint density at radius 3 is 2.64 bits per heavy atom. The summed E-state index contributed by atoms with van der Waals surface area (Å²) in [4.78, 5) is 17.5. The number of aromatic nitrogens is 2. The molecule has 0 N–H and O–H groups in total. The van der Waals surface area contributed by atoms with E-state index in [0.717, 1.165) is 48.8 Å². The van der Waals surface area contributed by atoms with E-state index in [2.05, 4.69) is 14.9 Å². The minimum atomic E-state index is 0.0873. The van der Waals surface area contributed by atoms with Crippen molar-refractivity contribution in [2.75, 3.05) is 45.0 Å². The Hall–Kier alpha value is -0.850. The standard InChI is InChI=1S/C19H30N4OS/c24-19-11-17-15-25-10-5-18(17)20-23(19)14-16-12-22(13-16)9-8-21-6-3-1-2-4-7-21/h11,16H,1-10,12-15H2. The molecule has 1 aromatic heterocycles. The van der Waals surface area contributed by atoms with Gasteiger partial charge in [-0.15, -0.1) is 0 Å². The van der Waals surface area contributed by atoms with Crippen molar-refractivity contribution >= 4 is 11.8 Å². The largest absolute Gasteiger partial charge is 0.302 e. The SMILES string of the molecule is O=c1cc2c(nn1CC1CN(CCN3CCCCCC3)C1)CCSC2. The molecular weight excluding hydrogens is 332 g/mol. The van der Waals surface area contributed by atoms with E-state index in [1.807, 2.05) is 17.8 Å². The van der Waals surface area contributed by atoms with Gasteiger partial charge in [0, 0.05) is 50.3 Å². The fourth-order valence-corrected chi connectivity index (χ4v) is 5.20. The fraction of sp³-hybridized carbons (Fsp3) is 0.789. The first-order valence-electron chi connectivity index (χ1n) is 9.90. The van der Waals surface area contributed by atoms with Crippen molar-refractivity contribution in [1.82, 2.24) is 19.6 Å². The molecule has 4 rings (SSSR count).